The minimum Gasteiger partial charge on any atom is -0.428 e. The molecule has 0 rings (SSSR count). The Bertz CT molecular complexity index is 477. The number of hydrogen-bond acceptors (Lipinski definition) is 9. The molecular weight excluding hydrogens is 396 g/mol. The number of amides is 1. The molecule has 0 fully saturated rings. The molecule has 0 unspecified atom stereocenters. The molecule has 0 aliphatic rings. The maximum Gasteiger partial charge on any atom is 0.410 e. The van der Waals surface area contributed by atoms with Gasteiger partial charge in [-0.25, -0.2) is 4.79 Å². The molecule has 0 aromatic rings. The van der Waals surface area contributed by atoms with Crippen LogP contribution in [0.4, 0.5) is 4.79 Å². The lowest BCUT2D eigenvalue weighted by molar-refractivity contribution is -0.169. The summed E-state index contributed by atoms with van der Waals surface area (Å²) in [5.74, 6) is -1.73. The lowest BCUT2D eigenvalue weighted by atomic mass is 10.2. The normalized spacial score (nSPS) is 10.6. The standard InChI is InChI=1S/C20H36N2O8/c1-15(2)18(24)28-13-27-17(23)9-8-11-21-10-6-5-7-12-22-20(26)30-14-29-19(25)16(3)4/h15-16,21H,5-14H2,1-4H3,(H,22,26). The molecule has 0 aromatic heterocycles. The highest BCUT2D eigenvalue weighted by molar-refractivity contribution is 5.72. The van der Waals surface area contributed by atoms with Crippen molar-refractivity contribution < 1.29 is 38.1 Å². The largest absolute Gasteiger partial charge is 0.428 e. The van der Waals surface area contributed by atoms with Crippen LogP contribution in [0.2, 0.25) is 0 Å². The Labute approximate surface area is 178 Å². The molecule has 0 saturated carbocycles. The SMILES string of the molecule is CC(C)C(=O)OCOC(=O)CCCNCCCCCNC(=O)OCOC(=O)C(C)C. The maximum absolute atomic E-state index is 11.5. The third kappa shape index (κ3) is 16.6. The summed E-state index contributed by atoms with van der Waals surface area (Å²) in [6, 6.07) is 0. The van der Waals surface area contributed by atoms with Crippen molar-refractivity contribution in [3.05, 3.63) is 0 Å². The first-order valence-electron chi connectivity index (χ1n) is 10.3. The van der Waals surface area contributed by atoms with Gasteiger partial charge in [-0.2, -0.15) is 0 Å². The number of hydrogen-bond donors (Lipinski definition) is 2. The highest BCUT2D eigenvalue weighted by Crippen LogP contribution is 1.99. The quantitative estimate of drug-likeness (QED) is 0.214. The molecule has 174 valence electrons. The minimum absolute atomic E-state index is 0.251. The minimum atomic E-state index is -0.615. The maximum atomic E-state index is 11.5. The first-order chi connectivity index (χ1) is 14.2. The van der Waals surface area contributed by atoms with E-state index >= 15 is 0 Å². The van der Waals surface area contributed by atoms with Gasteiger partial charge in [0, 0.05) is 13.0 Å². The van der Waals surface area contributed by atoms with Crippen molar-refractivity contribution in [2.45, 2.75) is 59.8 Å². The highest BCUT2D eigenvalue weighted by Gasteiger charge is 2.10. The fraction of sp³-hybridized carbons (Fsp3) is 0.800. The number of alkyl carbamates (subject to hydrolysis) is 1. The summed E-state index contributed by atoms with van der Waals surface area (Å²) in [5, 5.41) is 5.81. The van der Waals surface area contributed by atoms with Gasteiger partial charge in [-0.1, -0.05) is 34.1 Å². The van der Waals surface area contributed by atoms with Crippen LogP contribution in [-0.2, 0) is 33.3 Å². The van der Waals surface area contributed by atoms with Crippen molar-refractivity contribution in [3.8, 4) is 0 Å². The molecule has 0 radical (unpaired) electrons. The zero-order valence-corrected chi connectivity index (χ0v) is 18.5. The van der Waals surface area contributed by atoms with Gasteiger partial charge in [-0.3, -0.25) is 14.4 Å². The smallest absolute Gasteiger partial charge is 0.410 e. The Balaban J connectivity index is 3.40. The average molecular weight is 433 g/mol. The van der Waals surface area contributed by atoms with Crippen molar-refractivity contribution in [2.75, 3.05) is 33.2 Å². The lowest BCUT2D eigenvalue weighted by Crippen LogP contribution is -2.27. The van der Waals surface area contributed by atoms with Gasteiger partial charge in [0.05, 0.1) is 11.8 Å². The molecule has 10 heteroatoms. The molecule has 0 bridgehead atoms. The van der Waals surface area contributed by atoms with Crippen LogP contribution in [0.5, 0.6) is 0 Å². The summed E-state index contributed by atoms with van der Waals surface area (Å²) in [6.07, 6.45) is 2.91. The van der Waals surface area contributed by atoms with Crippen LogP contribution in [0.1, 0.15) is 59.8 Å². The number of carbonyl (C=O) groups excluding carboxylic acids is 4. The number of rotatable bonds is 16. The van der Waals surface area contributed by atoms with E-state index < -0.39 is 24.0 Å². The Morgan fingerprint density at radius 1 is 0.667 bits per heavy atom. The molecule has 0 spiro atoms. The Kier molecular flexibility index (Phi) is 16.1. The number of unbranched alkanes of at least 4 members (excludes halogenated alkanes) is 2. The predicted octanol–water partition coefficient (Wildman–Crippen LogP) is 2.11. The molecule has 1 amide bonds. The third-order valence-corrected chi connectivity index (χ3v) is 3.79. The van der Waals surface area contributed by atoms with Gasteiger partial charge in [0.1, 0.15) is 0 Å². The van der Waals surface area contributed by atoms with Crippen LogP contribution in [-0.4, -0.2) is 57.2 Å². The van der Waals surface area contributed by atoms with Gasteiger partial charge in [0.15, 0.2) is 0 Å². The van der Waals surface area contributed by atoms with Crippen LogP contribution in [0, 0.1) is 11.8 Å². The van der Waals surface area contributed by atoms with Crippen molar-refractivity contribution in [1.82, 2.24) is 10.6 Å². The Hall–Kier alpha value is -2.36. The van der Waals surface area contributed by atoms with E-state index in [2.05, 4.69) is 10.6 Å². The van der Waals surface area contributed by atoms with Gasteiger partial charge in [0.2, 0.25) is 13.6 Å². The first-order valence-corrected chi connectivity index (χ1v) is 10.3. The van der Waals surface area contributed by atoms with Crippen molar-refractivity contribution in [2.24, 2.45) is 11.8 Å². The number of carbonyl (C=O) groups is 4. The summed E-state index contributed by atoms with van der Waals surface area (Å²) in [7, 11) is 0. The number of nitrogens with one attached hydrogen (secondary N) is 2. The molecule has 0 aliphatic carbocycles. The van der Waals surface area contributed by atoms with E-state index in [1.807, 2.05) is 0 Å². The molecule has 0 atom stereocenters. The van der Waals surface area contributed by atoms with E-state index in [9.17, 15) is 19.2 Å². The molecule has 0 heterocycles. The average Bonchev–Trinajstić information content (AvgIpc) is 2.68. The van der Waals surface area contributed by atoms with Crippen LogP contribution in [0.25, 0.3) is 0 Å². The predicted molar refractivity (Wildman–Crippen MR) is 108 cm³/mol. The topological polar surface area (TPSA) is 129 Å². The summed E-state index contributed by atoms with van der Waals surface area (Å²) < 4.78 is 19.1. The van der Waals surface area contributed by atoms with Gasteiger partial charge in [-0.05, 0) is 32.4 Å². The summed E-state index contributed by atoms with van der Waals surface area (Å²) in [4.78, 5) is 45.3. The van der Waals surface area contributed by atoms with Crippen LogP contribution >= 0.6 is 0 Å². The van der Waals surface area contributed by atoms with Gasteiger partial charge >= 0.3 is 24.0 Å². The number of esters is 3. The fourth-order valence-corrected chi connectivity index (χ4v) is 1.98. The van der Waals surface area contributed by atoms with Crippen LogP contribution in [0.15, 0.2) is 0 Å². The fourth-order valence-electron chi connectivity index (χ4n) is 1.98. The first kappa shape index (κ1) is 27.6. The zero-order valence-electron chi connectivity index (χ0n) is 18.5. The van der Waals surface area contributed by atoms with Crippen molar-refractivity contribution in [3.63, 3.8) is 0 Å². The van der Waals surface area contributed by atoms with E-state index in [4.69, 9.17) is 18.9 Å². The zero-order chi connectivity index (χ0) is 22.8. The second kappa shape index (κ2) is 17.5. The monoisotopic (exact) mass is 432 g/mol. The third-order valence-electron chi connectivity index (χ3n) is 3.79. The van der Waals surface area contributed by atoms with Crippen molar-refractivity contribution >= 4 is 24.0 Å². The molecule has 0 aliphatic heterocycles. The van der Waals surface area contributed by atoms with Gasteiger partial charge in [0.25, 0.3) is 0 Å². The highest BCUT2D eigenvalue weighted by atomic mass is 16.7. The van der Waals surface area contributed by atoms with Crippen LogP contribution < -0.4 is 10.6 Å². The molecular formula is C20H36N2O8. The van der Waals surface area contributed by atoms with Gasteiger partial charge < -0.3 is 29.6 Å². The molecule has 10 nitrogen and oxygen atoms in total. The summed E-state index contributed by atoms with van der Waals surface area (Å²) in [5.41, 5.74) is 0. The molecule has 0 aromatic carbocycles. The van der Waals surface area contributed by atoms with Crippen molar-refractivity contribution in [1.29, 1.82) is 0 Å². The van der Waals surface area contributed by atoms with Gasteiger partial charge in [-0.15, -0.1) is 0 Å². The van der Waals surface area contributed by atoms with E-state index in [0.29, 0.717) is 19.5 Å². The lowest BCUT2D eigenvalue weighted by Gasteiger charge is -2.09. The second-order valence-corrected chi connectivity index (χ2v) is 7.26. The number of ether oxygens (including phenoxy) is 4. The van der Waals surface area contributed by atoms with Crippen LogP contribution in [0.3, 0.4) is 0 Å². The van der Waals surface area contributed by atoms with E-state index in [-0.39, 0.29) is 31.8 Å². The van der Waals surface area contributed by atoms with E-state index in [0.717, 1.165) is 25.8 Å². The molecule has 2 N–H and O–H groups in total. The van der Waals surface area contributed by atoms with E-state index in [1.54, 1.807) is 27.7 Å². The summed E-state index contributed by atoms with van der Waals surface area (Å²) in [6.45, 7) is 8.03. The van der Waals surface area contributed by atoms with E-state index in [1.165, 1.54) is 0 Å². The Morgan fingerprint density at radius 2 is 1.20 bits per heavy atom. The second-order valence-electron chi connectivity index (χ2n) is 7.26. The Morgan fingerprint density at radius 3 is 1.80 bits per heavy atom. The molecule has 30 heavy (non-hydrogen) atoms. The summed E-state index contributed by atoms with van der Waals surface area (Å²) >= 11 is 0. The molecule has 0 saturated heterocycles.